The minimum Gasteiger partial charge on any atom is -0.338 e. The molecule has 0 saturated carbocycles. The molecule has 0 aliphatic carbocycles. The highest BCUT2D eigenvalue weighted by atomic mass is 19.1. The quantitative estimate of drug-likeness (QED) is 0.709. The maximum Gasteiger partial charge on any atom is 0.248 e. The van der Waals surface area contributed by atoms with Crippen molar-refractivity contribution in [3.8, 4) is 0 Å². The van der Waals surface area contributed by atoms with Crippen LogP contribution in [0.3, 0.4) is 0 Å². The minimum atomic E-state index is -0.543. The highest BCUT2D eigenvalue weighted by molar-refractivity contribution is 6.50. The second-order valence-corrected chi connectivity index (χ2v) is 4.47. The van der Waals surface area contributed by atoms with Crippen molar-refractivity contribution < 1.29 is 8.78 Å². The topological polar surface area (TPSA) is 3.24 Å². The van der Waals surface area contributed by atoms with E-state index in [1.165, 1.54) is 12.1 Å². The Kier molecular flexibility index (Phi) is 4.48. The highest BCUT2D eigenvalue weighted by Gasteiger charge is 2.16. The molecule has 0 N–H and O–H groups in total. The summed E-state index contributed by atoms with van der Waals surface area (Å²) in [5.74, 6) is -1.09. The Morgan fingerprint density at radius 3 is 1.75 bits per heavy atom. The third-order valence-electron chi connectivity index (χ3n) is 2.38. The van der Waals surface area contributed by atoms with Crippen LogP contribution < -0.4 is 5.46 Å². The van der Waals surface area contributed by atoms with Gasteiger partial charge in [0.05, 0.1) is 0 Å². The van der Waals surface area contributed by atoms with Gasteiger partial charge in [0.15, 0.2) is 0 Å². The molecular formula is C12H17BF2N. The monoisotopic (exact) mass is 224 g/mol. The zero-order valence-electron chi connectivity index (χ0n) is 10.2. The third kappa shape index (κ3) is 3.60. The number of benzene rings is 1. The first kappa shape index (κ1) is 13.2. The SMILES string of the molecule is CC(C)N([B]c1cc(F)cc(F)c1)C(C)C. The van der Waals surface area contributed by atoms with E-state index in [1.807, 2.05) is 27.7 Å². The molecule has 0 heterocycles. The average molecular weight is 224 g/mol. The maximum absolute atomic E-state index is 13.0. The van der Waals surface area contributed by atoms with E-state index in [0.29, 0.717) is 17.5 Å². The van der Waals surface area contributed by atoms with E-state index in [9.17, 15) is 8.78 Å². The van der Waals surface area contributed by atoms with Gasteiger partial charge in [-0.2, -0.15) is 0 Å². The summed E-state index contributed by atoms with van der Waals surface area (Å²) < 4.78 is 26.0. The van der Waals surface area contributed by atoms with Gasteiger partial charge in [0.1, 0.15) is 11.6 Å². The lowest BCUT2D eigenvalue weighted by Gasteiger charge is -2.30. The van der Waals surface area contributed by atoms with Gasteiger partial charge in [0.25, 0.3) is 0 Å². The van der Waals surface area contributed by atoms with Crippen LogP contribution in [0, 0.1) is 11.6 Å². The number of halogens is 2. The molecule has 0 amide bonds. The predicted octanol–water partition coefficient (Wildman–Crippen LogP) is 2.33. The van der Waals surface area contributed by atoms with Gasteiger partial charge in [-0.1, -0.05) is 33.2 Å². The van der Waals surface area contributed by atoms with Gasteiger partial charge in [-0.25, -0.2) is 8.78 Å². The molecule has 1 aromatic rings. The Morgan fingerprint density at radius 1 is 0.938 bits per heavy atom. The molecule has 0 unspecified atom stereocenters. The molecule has 0 aliphatic heterocycles. The van der Waals surface area contributed by atoms with Crippen LogP contribution in [0.1, 0.15) is 27.7 Å². The van der Waals surface area contributed by atoms with E-state index in [2.05, 4.69) is 4.81 Å². The van der Waals surface area contributed by atoms with Gasteiger partial charge in [-0.05, 0) is 24.2 Å². The van der Waals surface area contributed by atoms with E-state index in [-0.39, 0.29) is 0 Å². The summed E-state index contributed by atoms with van der Waals surface area (Å²) in [5, 5.41) is 0. The number of nitrogens with zero attached hydrogens (tertiary/aromatic N) is 1. The van der Waals surface area contributed by atoms with Gasteiger partial charge < -0.3 is 4.81 Å². The Bertz CT molecular complexity index is 325. The molecule has 0 aromatic heterocycles. The molecule has 1 aromatic carbocycles. The van der Waals surface area contributed by atoms with Crippen molar-refractivity contribution in [3.05, 3.63) is 29.8 Å². The zero-order chi connectivity index (χ0) is 12.3. The van der Waals surface area contributed by atoms with Crippen molar-refractivity contribution in [1.29, 1.82) is 0 Å². The van der Waals surface area contributed by atoms with Gasteiger partial charge >= 0.3 is 0 Å². The smallest absolute Gasteiger partial charge is 0.248 e. The van der Waals surface area contributed by atoms with Crippen LogP contribution >= 0.6 is 0 Å². The lowest BCUT2D eigenvalue weighted by atomic mass is 9.78. The van der Waals surface area contributed by atoms with Crippen LogP contribution in [0.15, 0.2) is 18.2 Å². The molecule has 0 aliphatic rings. The van der Waals surface area contributed by atoms with Crippen LogP contribution in [-0.2, 0) is 0 Å². The van der Waals surface area contributed by atoms with Crippen molar-refractivity contribution >= 4 is 12.9 Å². The molecule has 0 atom stereocenters. The van der Waals surface area contributed by atoms with Crippen molar-refractivity contribution in [2.45, 2.75) is 39.8 Å². The van der Waals surface area contributed by atoms with Gasteiger partial charge in [-0.3, -0.25) is 0 Å². The van der Waals surface area contributed by atoms with E-state index < -0.39 is 11.6 Å². The summed E-state index contributed by atoms with van der Waals surface area (Å²) in [5.41, 5.74) is 0.555. The molecule has 0 bridgehead atoms. The Morgan fingerprint density at radius 2 is 1.38 bits per heavy atom. The van der Waals surface area contributed by atoms with Crippen molar-refractivity contribution in [1.82, 2.24) is 4.81 Å². The van der Waals surface area contributed by atoms with Gasteiger partial charge in [0.2, 0.25) is 7.41 Å². The molecule has 0 fully saturated rings. The molecule has 0 saturated heterocycles. The molecule has 0 spiro atoms. The lowest BCUT2D eigenvalue weighted by Crippen LogP contribution is -2.45. The molecule has 87 valence electrons. The average Bonchev–Trinajstić information content (AvgIpc) is 2.11. The van der Waals surface area contributed by atoms with E-state index in [0.717, 1.165) is 6.07 Å². The number of rotatable bonds is 4. The minimum absolute atomic E-state index is 0.298. The van der Waals surface area contributed by atoms with Crippen LogP contribution in [0.5, 0.6) is 0 Å². The van der Waals surface area contributed by atoms with Crippen molar-refractivity contribution in [2.75, 3.05) is 0 Å². The zero-order valence-corrected chi connectivity index (χ0v) is 10.2. The summed E-state index contributed by atoms with van der Waals surface area (Å²) in [4.78, 5) is 2.06. The van der Waals surface area contributed by atoms with Crippen LogP contribution in [-0.4, -0.2) is 24.3 Å². The van der Waals surface area contributed by atoms with Gasteiger partial charge in [-0.15, -0.1) is 0 Å². The Balaban J connectivity index is 2.85. The first-order valence-corrected chi connectivity index (χ1v) is 5.48. The predicted molar refractivity (Wildman–Crippen MR) is 63.9 cm³/mol. The normalized spacial score (nSPS) is 11.6. The molecule has 16 heavy (non-hydrogen) atoms. The third-order valence-corrected chi connectivity index (χ3v) is 2.38. The van der Waals surface area contributed by atoms with E-state index in [1.54, 1.807) is 7.41 Å². The largest absolute Gasteiger partial charge is 0.338 e. The fourth-order valence-electron chi connectivity index (χ4n) is 1.72. The molecular weight excluding hydrogens is 207 g/mol. The molecule has 1 rings (SSSR count). The summed E-state index contributed by atoms with van der Waals surface area (Å²) in [6.07, 6.45) is 0. The summed E-state index contributed by atoms with van der Waals surface area (Å²) in [7, 11) is 1.79. The van der Waals surface area contributed by atoms with Gasteiger partial charge in [0, 0.05) is 6.07 Å². The molecule has 1 radical (unpaired) electrons. The maximum atomic E-state index is 13.0. The molecule has 4 heteroatoms. The first-order valence-electron chi connectivity index (χ1n) is 5.48. The lowest BCUT2D eigenvalue weighted by molar-refractivity contribution is 0.315. The summed E-state index contributed by atoms with van der Waals surface area (Å²) >= 11 is 0. The van der Waals surface area contributed by atoms with Crippen LogP contribution in [0.2, 0.25) is 0 Å². The number of hydrogen-bond acceptors (Lipinski definition) is 1. The first-order chi connectivity index (χ1) is 7.40. The van der Waals surface area contributed by atoms with E-state index >= 15 is 0 Å². The fraction of sp³-hybridized carbons (Fsp3) is 0.500. The van der Waals surface area contributed by atoms with E-state index in [4.69, 9.17) is 0 Å². The van der Waals surface area contributed by atoms with Crippen molar-refractivity contribution in [2.24, 2.45) is 0 Å². The van der Waals surface area contributed by atoms with Crippen molar-refractivity contribution in [3.63, 3.8) is 0 Å². The second kappa shape index (κ2) is 5.44. The highest BCUT2D eigenvalue weighted by Crippen LogP contribution is 2.04. The summed E-state index contributed by atoms with van der Waals surface area (Å²) in [6, 6.07) is 4.14. The molecule has 1 nitrogen and oxygen atoms in total. The Labute approximate surface area is 96.7 Å². The summed E-state index contributed by atoms with van der Waals surface area (Å²) in [6.45, 7) is 8.19. The Hall–Kier alpha value is -0.895. The van der Waals surface area contributed by atoms with Crippen LogP contribution in [0.4, 0.5) is 8.78 Å². The number of hydrogen-bond donors (Lipinski definition) is 0. The van der Waals surface area contributed by atoms with Crippen LogP contribution in [0.25, 0.3) is 0 Å². The standard InChI is InChI=1S/C12H17BF2N/c1-8(2)16(9(3)4)13-10-5-11(14)7-12(15)6-10/h5-9H,1-4H3. The fourth-order valence-corrected chi connectivity index (χ4v) is 1.72. The second-order valence-electron chi connectivity index (χ2n) is 4.47.